The molecule has 0 radical (unpaired) electrons. The summed E-state index contributed by atoms with van der Waals surface area (Å²) in [5.41, 5.74) is 0. The molecular formula is C16H29N3. The fourth-order valence-electron chi connectivity index (χ4n) is 5.65. The third-order valence-electron chi connectivity index (χ3n) is 6.32. The number of hydrogen-bond acceptors (Lipinski definition) is 3. The Hall–Kier alpha value is -0.120. The van der Waals surface area contributed by atoms with Gasteiger partial charge in [-0.3, -0.25) is 0 Å². The monoisotopic (exact) mass is 263 g/mol. The van der Waals surface area contributed by atoms with E-state index in [2.05, 4.69) is 16.0 Å². The van der Waals surface area contributed by atoms with Crippen LogP contribution in [0.5, 0.6) is 0 Å². The fourth-order valence-corrected chi connectivity index (χ4v) is 5.65. The van der Waals surface area contributed by atoms with Gasteiger partial charge < -0.3 is 16.0 Å². The summed E-state index contributed by atoms with van der Waals surface area (Å²) in [6, 6.07) is 0.644. The van der Waals surface area contributed by atoms with Crippen LogP contribution in [0.3, 0.4) is 0 Å². The first-order valence-electron chi connectivity index (χ1n) is 8.53. The standard InChI is InChI=1S/C16H29N3/c1-2-19-15(8-17-1)9-18-10-16-13-4-11-3-12(6-13)7-14(16)5-11/h11-19H,1-10H2. The maximum atomic E-state index is 3.78. The van der Waals surface area contributed by atoms with Gasteiger partial charge in [-0.05, 0) is 68.2 Å². The van der Waals surface area contributed by atoms with Crippen LogP contribution in [0, 0.1) is 29.6 Å². The molecule has 0 aromatic carbocycles. The summed E-state index contributed by atoms with van der Waals surface area (Å²) in [5, 5.41) is 10.8. The summed E-state index contributed by atoms with van der Waals surface area (Å²) < 4.78 is 0. The lowest BCUT2D eigenvalue weighted by Gasteiger charge is -2.54. The van der Waals surface area contributed by atoms with E-state index in [1.165, 1.54) is 6.54 Å². The molecule has 1 unspecified atom stereocenters. The maximum absolute atomic E-state index is 3.78. The van der Waals surface area contributed by atoms with Crippen molar-refractivity contribution in [2.24, 2.45) is 29.6 Å². The molecule has 0 spiro atoms. The molecule has 5 rings (SSSR count). The average Bonchev–Trinajstić information content (AvgIpc) is 2.42. The molecule has 1 heterocycles. The van der Waals surface area contributed by atoms with Gasteiger partial charge in [-0.15, -0.1) is 0 Å². The van der Waals surface area contributed by atoms with Gasteiger partial charge in [-0.1, -0.05) is 0 Å². The second-order valence-electron chi connectivity index (χ2n) is 7.61. The molecule has 4 aliphatic carbocycles. The Morgan fingerprint density at radius 3 is 2.21 bits per heavy atom. The topological polar surface area (TPSA) is 36.1 Å². The first-order valence-corrected chi connectivity index (χ1v) is 8.53. The molecular weight excluding hydrogens is 234 g/mol. The van der Waals surface area contributed by atoms with Crippen molar-refractivity contribution in [1.29, 1.82) is 0 Å². The van der Waals surface area contributed by atoms with Gasteiger partial charge in [0.15, 0.2) is 0 Å². The number of hydrogen-bond donors (Lipinski definition) is 3. The van der Waals surface area contributed by atoms with Gasteiger partial charge in [0, 0.05) is 32.2 Å². The van der Waals surface area contributed by atoms with Crippen LogP contribution in [0.25, 0.3) is 0 Å². The van der Waals surface area contributed by atoms with Crippen molar-refractivity contribution in [1.82, 2.24) is 16.0 Å². The van der Waals surface area contributed by atoms with Gasteiger partial charge in [-0.25, -0.2) is 0 Å². The lowest BCUT2D eigenvalue weighted by atomic mass is 9.52. The average molecular weight is 263 g/mol. The van der Waals surface area contributed by atoms with Crippen LogP contribution >= 0.6 is 0 Å². The van der Waals surface area contributed by atoms with Crippen LogP contribution < -0.4 is 16.0 Å². The third-order valence-corrected chi connectivity index (χ3v) is 6.32. The summed E-state index contributed by atoms with van der Waals surface area (Å²) in [6.45, 7) is 5.83. The highest BCUT2D eigenvalue weighted by molar-refractivity contribution is 4.98. The van der Waals surface area contributed by atoms with Crippen LogP contribution in [0.4, 0.5) is 0 Å². The smallest absolute Gasteiger partial charge is 0.0318 e. The largest absolute Gasteiger partial charge is 0.315 e. The van der Waals surface area contributed by atoms with Gasteiger partial charge in [0.2, 0.25) is 0 Å². The van der Waals surface area contributed by atoms with Crippen LogP contribution in [-0.4, -0.2) is 38.8 Å². The van der Waals surface area contributed by atoms with Gasteiger partial charge in [0.05, 0.1) is 0 Å². The molecule has 3 N–H and O–H groups in total. The highest BCUT2D eigenvalue weighted by Gasteiger charge is 2.47. The Morgan fingerprint density at radius 2 is 1.58 bits per heavy atom. The normalized spacial score (nSPS) is 48.6. The Balaban J connectivity index is 1.26. The maximum Gasteiger partial charge on any atom is 0.0318 e. The first-order chi connectivity index (χ1) is 9.38. The quantitative estimate of drug-likeness (QED) is 0.713. The summed E-state index contributed by atoms with van der Waals surface area (Å²) in [5.74, 6) is 5.37. The van der Waals surface area contributed by atoms with Crippen molar-refractivity contribution < 1.29 is 0 Å². The van der Waals surface area contributed by atoms with Crippen molar-refractivity contribution in [3.05, 3.63) is 0 Å². The lowest BCUT2D eigenvalue weighted by Crippen LogP contribution is -2.54. The molecule has 4 saturated carbocycles. The molecule has 3 nitrogen and oxygen atoms in total. The molecule has 5 aliphatic rings. The van der Waals surface area contributed by atoms with Gasteiger partial charge in [0.1, 0.15) is 0 Å². The molecule has 108 valence electrons. The van der Waals surface area contributed by atoms with E-state index in [0.717, 1.165) is 55.8 Å². The highest BCUT2D eigenvalue weighted by Crippen LogP contribution is 2.56. The Labute approximate surface area is 117 Å². The van der Waals surface area contributed by atoms with E-state index >= 15 is 0 Å². The molecule has 1 saturated heterocycles. The second kappa shape index (κ2) is 5.34. The molecule has 1 atom stereocenters. The van der Waals surface area contributed by atoms with Crippen molar-refractivity contribution in [2.75, 3.05) is 32.7 Å². The van der Waals surface area contributed by atoms with Crippen LogP contribution in [0.15, 0.2) is 0 Å². The van der Waals surface area contributed by atoms with Gasteiger partial charge >= 0.3 is 0 Å². The van der Waals surface area contributed by atoms with Crippen molar-refractivity contribution in [3.63, 3.8) is 0 Å². The van der Waals surface area contributed by atoms with E-state index in [9.17, 15) is 0 Å². The molecule has 0 aromatic rings. The fraction of sp³-hybridized carbons (Fsp3) is 1.00. The molecule has 0 amide bonds. The lowest BCUT2D eigenvalue weighted by molar-refractivity contribution is -0.0355. The van der Waals surface area contributed by atoms with Gasteiger partial charge in [-0.2, -0.15) is 0 Å². The summed E-state index contributed by atoms with van der Waals surface area (Å²) >= 11 is 0. The number of piperazine rings is 1. The van der Waals surface area contributed by atoms with E-state index in [4.69, 9.17) is 0 Å². The van der Waals surface area contributed by atoms with E-state index in [-0.39, 0.29) is 0 Å². The van der Waals surface area contributed by atoms with E-state index in [1.807, 2.05) is 0 Å². The Bertz CT molecular complexity index is 283. The van der Waals surface area contributed by atoms with Gasteiger partial charge in [0.25, 0.3) is 0 Å². The molecule has 0 aromatic heterocycles. The summed E-state index contributed by atoms with van der Waals surface area (Å²) in [6.07, 6.45) is 7.81. The highest BCUT2D eigenvalue weighted by atomic mass is 15.1. The van der Waals surface area contributed by atoms with Crippen molar-refractivity contribution in [3.8, 4) is 0 Å². The minimum absolute atomic E-state index is 0.644. The van der Waals surface area contributed by atoms with E-state index in [1.54, 1.807) is 32.1 Å². The van der Waals surface area contributed by atoms with E-state index < -0.39 is 0 Å². The molecule has 5 fully saturated rings. The Morgan fingerprint density at radius 1 is 0.842 bits per heavy atom. The zero-order chi connectivity index (χ0) is 12.7. The third kappa shape index (κ3) is 2.57. The molecule has 4 bridgehead atoms. The molecule has 19 heavy (non-hydrogen) atoms. The SMILES string of the molecule is C1CNC(CNCC2C3CC4CC(C3)CC2C4)CN1. The zero-order valence-electron chi connectivity index (χ0n) is 12.0. The predicted octanol–water partition coefficient (Wildman–Crippen LogP) is 1.21. The zero-order valence-corrected chi connectivity index (χ0v) is 12.0. The van der Waals surface area contributed by atoms with E-state index in [0.29, 0.717) is 6.04 Å². The molecule has 3 heteroatoms. The van der Waals surface area contributed by atoms with Crippen molar-refractivity contribution in [2.45, 2.75) is 38.1 Å². The van der Waals surface area contributed by atoms with Crippen LogP contribution in [0.2, 0.25) is 0 Å². The molecule has 1 aliphatic heterocycles. The number of nitrogens with one attached hydrogen (secondary N) is 3. The first kappa shape index (κ1) is 12.6. The van der Waals surface area contributed by atoms with Crippen LogP contribution in [0.1, 0.15) is 32.1 Å². The number of rotatable bonds is 4. The summed E-state index contributed by atoms with van der Waals surface area (Å²) in [7, 11) is 0. The second-order valence-corrected chi connectivity index (χ2v) is 7.61. The van der Waals surface area contributed by atoms with Crippen molar-refractivity contribution >= 4 is 0 Å². The Kier molecular flexibility index (Phi) is 3.55. The minimum atomic E-state index is 0.644. The summed E-state index contributed by atoms with van der Waals surface area (Å²) in [4.78, 5) is 0. The van der Waals surface area contributed by atoms with Crippen LogP contribution in [-0.2, 0) is 0 Å². The predicted molar refractivity (Wildman–Crippen MR) is 78.1 cm³/mol. The minimum Gasteiger partial charge on any atom is -0.315 e.